The number of anilines is 1. The standard InChI is InChI=1S/C21H21FN4O4/c1-2-30-20(28)18-10-11-26(25-18)17-8-6-16(7-9-17)24-21(29)23-13-19(27)14-4-3-5-15(22)12-14/h3-12,19,27H,2,13H2,1H3,(H2,23,24,29). The van der Waals surface area contributed by atoms with Crippen LogP contribution in [-0.4, -0.2) is 40.0 Å². The van der Waals surface area contributed by atoms with Crippen LogP contribution in [0, 0.1) is 5.82 Å². The third kappa shape index (κ3) is 5.42. The molecule has 0 fully saturated rings. The number of urea groups is 1. The number of esters is 1. The number of halogens is 1. The zero-order chi connectivity index (χ0) is 21.5. The maximum Gasteiger partial charge on any atom is 0.358 e. The van der Waals surface area contributed by atoms with Crippen molar-refractivity contribution in [3.8, 4) is 5.69 Å². The smallest absolute Gasteiger partial charge is 0.358 e. The summed E-state index contributed by atoms with van der Waals surface area (Å²) >= 11 is 0. The molecule has 9 heteroatoms. The number of ether oxygens (including phenoxy) is 1. The molecule has 0 radical (unpaired) electrons. The Labute approximate surface area is 172 Å². The molecule has 0 aliphatic heterocycles. The Balaban J connectivity index is 1.54. The number of hydrogen-bond acceptors (Lipinski definition) is 5. The summed E-state index contributed by atoms with van der Waals surface area (Å²) in [5.74, 6) is -0.950. The quantitative estimate of drug-likeness (QED) is 0.518. The lowest BCUT2D eigenvalue weighted by Crippen LogP contribution is -2.32. The number of aliphatic hydroxyl groups is 1. The predicted octanol–water partition coefficient (Wildman–Crippen LogP) is 3.04. The molecule has 0 saturated carbocycles. The van der Waals surface area contributed by atoms with Crippen LogP contribution in [0.2, 0.25) is 0 Å². The first-order valence-corrected chi connectivity index (χ1v) is 9.28. The molecule has 0 bridgehead atoms. The second-order valence-corrected chi connectivity index (χ2v) is 6.32. The van der Waals surface area contributed by atoms with Gasteiger partial charge in [0.15, 0.2) is 5.69 Å². The highest BCUT2D eigenvalue weighted by molar-refractivity contribution is 5.89. The van der Waals surface area contributed by atoms with E-state index in [0.717, 1.165) is 0 Å². The summed E-state index contributed by atoms with van der Waals surface area (Å²) in [4.78, 5) is 23.7. The molecule has 3 N–H and O–H groups in total. The van der Waals surface area contributed by atoms with E-state index in [-0.39, 0.29) is 18.8 Å². The number of aliphatic hydroxyl groups excluding tert-OH is 1. The van der Waals surface area contributed by atoms with Crippen molar-refractivity contribution in [2.75, 3.05) is 18.5 Å². The van der Waals surface area contributed by atoms with E-state index < -0.39 is 23.9 Å². The van der Waals surface area contributed by atoms with Crippen molar-refractivity contribution in [2.45, 2.75) is 13.0 Å². The van der Waals surface area contributed by atoms with Gasteiger partial charge in [-0.05, 0) is 55.0 Å². The van der Waals surface area contributed by atoms with Crippen LogP contribution in [0.4, 0.5) is 14.9 Å². The monoisotopic (exact) mass is 412 g/mol. The average molecular weight is 412 g/mol. The van der Waals surface area contributed by atoms with Gasteiger partial charge in [-0.15, -0.1) is 0 Å². The third-order valence-corrected chi connectivity index (χ3v) is 4.15. The second kappa shape index (κ2) is 9.66. The number of carbonyl (C=O) groups excluding carboxylic acids is 2. The van der Waals surface area contributed by atoms with E-state index in [2.05, 4.69) is 15.7 Å². The van der Waals surface area contributed by atoms with Gasteiger partial charge in [0.25, 0.3) is 0 Å². The zero-order valence-electron chi connectivity index (χ0n) is 16.2. The first-order valence-electron chi connectivity index (χ1n) is 9.28. The minimum atomic E-state index is -1.03. The molecule has 3 aromatic rings. The maximum atomic E-state index is 13.2. The Hall–Kier alpha value is -3.72. The summed E-state index contributed by atoms with van der Waals surface area (Å²) in [5, 5.41) is 19.4. The summed E-state index contributed by atoms with van der Waals surface area (Å²) in [7, 11) is 0. The number of amides is 2. The van der Waals surface area contributed by atoms with Crippen LogP contribution in [0.3, 0.4) is 0 Å². The molecular weight excluding hydrogens is 391 g/mol. The van der Waals surface area contributed by atoms with Crippen molar-refractivity contribution in [1.29, 1.82) is 0 Å². The van der Waals surface area contributed by atoms with Crippen LogP contribution < -0.4 is 10.6 Å². The van der Waals surface area contributed by atoms with Gasteiger partial charge in [-0.25, -0.2) is 18.7 Å². The van der Waals surface area contributed by atoms with Crippen LogP contribution >= 0.6 is 0 Å². The van der Waals surface area contributed by atoms with E-state index in [9.17, 15) is 19.1 Å². The Morgan fingerprint density at radius 2 is 1.97 bits per heavy atom. The van der Waals surface area contributed by atoms with Crippen molar-refractivity contribution in [3.63, 3.8) is 0 Å². The molecule has 8 nitrogen and oxygen atoms in total. The van der Waals surface area contributed by atoms with Crippen LogP contribution in [-0.2, 0) is 4.74 Å². The van der Waals surface area contributed by atoms with Crippen molar-refractivity contribution >= 4 is 17.7 Å². The molecule has 0 aliphatic rings. The van der Waals surface area contributed by atoms with E-state index in [1.54, 1.807) is 49.5 Å². The summed E-state index contributed by atoms with van der Waals surface area (Å²) in [6.07, 6.45) is 0.608. The lowest BCUT2D eigenvalue weighted by Gasteiger charge is -2.13. The molecule has 3 rings (SSSR count). The Morgan fingerprint density at radius 1 is 1.20 bits per heavy atom. The average Bonchev–Trinajstić information content (AvgIpc) is 3.23. The van der Waals surface area contributed by atoms with E-state index in [4.69, 9.17) is 4.74 Å². The summed E-state index contributed by atoms with van der Waals surface area (Å²) < 4.78 is 19.6. The van der Waals surface area contributed by atoms with Gasteiger partial charge in [-0.2, -0.15) is 5.10 Å². The summed E-state index contributed by atoms with van der Waals surface area (Å²) in [6, 6.07) is 13.4. The molecule has 0 saturated heterocycles. The molecule has 1 atom stereocenters. The zero-order valence-corrected chi connectivity index (χ0v) is 16.2. The third-order valence-electron chi connectivity index (χ3n) is 4.15. The van der Waals surface area contributed by atoms with E-state index in [1.165, 1.54) is 22.9 Å². The molecule has 1 heterocycles. The molecule has 2 aromatic carbocycles. The van der Waals surface area contributed by atoms with Gasteiger partial charge >= 0.3 is 12.0 Å². The number of hydrogen-bond donors (Lipinski definition) is 3. The minimum Gasteiger partial charge on any atom is -0.461 e. The molecule has 2 amide bonds. The fraction of sp³-hybridized carbons (Fsp3) is 0.190. The predicted molar refractivity (Wildman–Crippen MR) is 108 cm³/mol. The molecule has 30 heavy (non-hydrogen) atoms. The minimum absolute atomic E-state index is 0.0721. The number of nitrogens with one attached hydrogen (secondary N) is 2. The first-order chi connectivity index (χ1) is 14.5. The van der Waals surface area contributed by atoms with Gasteiger partial charge in [0, 0.05) is 18.4 Å². The van der Waals surface area contributed by atoms with Gasteiger partial charge in [0.1, 0.15) is 5.82 Å². The van der Waals surface area contributed by atoms with E-state index >= 15 is 0 Å². The molecule has 1 unspecified atom stereocenters. The fourth-order valence-electron chi connectivity index (χ4n) is 2.68. The highest BCUT2D eigenvalue weighted by Crippen LogP contribution is 2.15. The lowest BCUT2D eigenvalue weighted by molar-refractivity contribution is 0.0519. The number of aromatic nitrogens is 2. The second-order valence-electron chi connectivity index (χ2n) is 6.32. The van der Waals surface area contributed by atoms with Crippen molar-refractivity contribution in [1.82, 2.24) is 15.1 Å². The largest absolute Gasteiger partial charge is 0.461 e. The van der Waals surface area contributed by atoms with Crippen LogP contribution in [0.25, 0.3) is 5.69 Å². The molecule has 0 spiro atoms. The van der Waals surface area contributed by atoms with Crippen LogP contribution in [0.15, 0.2) is 60.8 Å². The topological polar surface area (TPSA) is 105 Å². The van der Waals surface area contributed by atoms with Gasteiger partial charge in [0.2, 0.25) is 0 Å². The number of benzene rings is 2. The molecule has 156 valence electrons. The number of rotatable bonds is 7. The van der Waals surface area contributed by atoms with Gasteiger partial charge in [-0.3, -0.25) is 0 Å². The Kier molecular flexibility index (Phi) is 6.76. The molecular formula is C21H21FN4O4. The SMILES string of the molecule is CCOC(=O)c1ccn(-c2ccc(NC(=O)NCC(O)c3cccc(F)c3)cc2)n1. The van der Waals surface area contributed by atoms with Crippen molar-refractivity contribution in [2.24, 2.45) is 0 Å². The molecule has 1 aromatic heterocycles. The van der Waals surface area contributed by atoms with Crippen LogP contribution in [0.1, 0.15) is 29.1 Å². The van der Waals surface area contributed by atoms with Gasteiger partial charge in [-0.1, -0.05) is 12.1 Å². The molecule has 0 aliphatic carbocycles. The normalized spacial score (nSPS) is 11.6. The van der Waals surface area contributed by atoms with Crippen molar-refractivity contribution in [3.05, 3.63) is 77.9 Å². The highest BCUT2D eigenvalue weighted by atomic mass is 19.1. The van der Waals surface area contributed by atoms with E-state index in [1.807, 2.05) is 0 Å². The Morgan fingerprint density at radius 3 is 2.67 bits per heavy atom. The fourth-order valence-corrected chi connectivity index (χ4v) is 2.68. The number of carbonyl (C=O) groups is 2. The maximum absolute atomic E-state index is 13.2. The number of nitrogens with zero attached hydrogens (tertiary/aromatic N) is 2. The van der Waals surface area contributed by atoms with Gasteiger partial charge < -0.3 is 20.5 Å². The highest BCUT2D eigenvalue weighted by Gasteiger charge is 2.12. The lowest BCUT2D eigenvalue weighted by atomic mass is 10.1. The van der Waals surface area contributed by atoms with E-state index in [0.29, 0.717) is 16.9 Å². The van der Waals surface area contributed by atoms with Gasteiger partial charge in [0.05, 0.1) is 18.4 Å². The summed E-state index contributed by atoms with van der Waals surface area (Å²) in [6.45, 7) is 1.92. The van der Waals surface area contributed by atoms with Crippen LogP contribution in [0.5, 0.6) is 0 Å². The summed E-state index contributed by atoms with van der Waals surface area (Å²) in [5.41, 5.74) is 1.80. The van der Waals surface area contributed by atoms with Crippen molar-refractivity contribution < 1.29 is 23.8 Å². The Bertz CT molecular complexity index is 1020. The first kappa shape index (κ1) is 21.0.